The number of carbonyl (C=O) groups excluding carboxylic acids is 2. The lowest BCUT2D eigenvalue weighted by atomic mass is 10.2. The van der Waals surface area contributed by atoms with E-state index < -0.39 is 5.97 Å². The maximum Gasteiger partial charge on any atom is 0.325 e. The van der Waals surface area contributed by atoms with E-state index in [1.165, 1.54) is 18.0 Å². The van der Waals surface area contributed by atoms with Gasteiger partial charge in [-0.15, -0.1) is 0 Å². The maximum absolute atomic E-state index is 11.8. The van der Waals surface area contributed by atoms with E-state index in [4.69, 9.17) is 27.9 Å². The SMILES string of the molecule is CCOC(=O)CN(C)C(=O)/C=C/c1ccc(Cl)cc1Cl. The summed E-state index contributed by atoms with van der Waals surface area (Å²) in [6, 6.07) is 4.98. The summed E-state index contributed by atoms with van der Waals surface area (Å²) >= 11 is 11.8. The molecule has 0 radical (unpaired) electrons. The lowest BCUT2D eigenvalue weighted by Crippen LogP contribution is -2.31. The molecule has 0 aliphatic rings. The Bertz CT molecular complexity index is 529. The summed E-state index contributed by atoms with van der Waals surface area (Å²) in [5.74, 6) is -0.759. The Morgan fingerprint density at radius 2 is 2.05 bits per heavy atom. The van der Waals surface area contributed by atoms with Gasteiger partial charge in [0, 0.05) is 23.2 Å². The van der Waals surface area contributed by atoms with Gasteiger partial charge in [0.15, 0.2) is 0 Å². The number of likely N-dealkylation sites (N-methyl/N-ethyl adjacent to an activating group) is 1. The van der Waals surface area contributed by atoms with Gasteiger partial charge in [0.25, 0.3) is 0 Å². The van der Waals surface area contributed by atoms with Crippen LogP contribution in [0.4, 0.5) is 0 Å². The topological polar surface area (TPSA) is 46.6 Å². The molecule has 1 aromatic carbocycles. The number of nitrogens with zero attached hydrogens (tertiary/aromatic N) is 1. The molecule has 1 aromatic rings. The highest BCUT2D eigenvalue weighted by Gasteiger charge is 2.11. The van der Waals surface area contributed by atoms with Gasteiger partial charge in [0.2, 0.25) is 5.91 Å². The van der Waals surface area contributed by atoms with E-state index in [0.29, 0.717) is 15.6 Å². The molecule has 0 saturated heterocycles. The number of benzene rings is 1. The first-order chi connectivity index (χ1) is 9.43. The molecule has 20 heavy (non-hydrogen) atoms. The van der Waals surface area contributed by atoms with Crippen molar-refractivity contribution in [2.24, 2.45) is 0 Å². The Morgan fingerprint density at radius 1 is 1.35 bits per heavy atom. The molecule has 0 aliphatic heterocycles. The Hall–Kier alpha value is -1.52. The van der Waals surface area contributed by atoms with Crippen LogP contribution in [-0.4, -0.2) is 37.0 Å². The van der Waals surface area contributed by atoms with Crippen LogP contribution in [0.5, 0.6) is 0 Å². The molecule has 0 N–H and O–H groups in total. The third-order valence-corrected chi connectivity index (χ3v) is 2.98. The molecular formula is C14H15Cl2NO3. The van der Waals surface area contributed by atoms with Gasteiger partial charge in [-0.3, -0.25) is 9.59 Å². The summed E-state index contributed by atoms with van der Waals surface area (Å²) in [5.41, 5.74) is 0.675. The molecule has 0 saturated carbocycles. The standard InChI is InChI=1S/C14H15Cl2NO3/c1-3-20-14(19)9-17(2)13(18)7-5-10-4-6-11(15)8-12(10)16/h4-8H,3,9H2,1-2H3/b7-5+. The third kappa shape index (κ3) is 5.23. The van der Waals surface area contributed by atoms with Crippen molar-refractivity contribution in [2.45, 2.75) is 6.92 Å². The van der Waals surface area contributed by atoms with Crippen molar-refractivity contribution in [3.63, 3.8) is 0 Å². The minimum atomic E-state index is -0.443. The fraction of sp³-hybridized carbons (Fsp3) is 0.286. The molecule has 0 spiro atoms. The van der Waals surface area contributed by atoms with Gasteiger partial charge in [0.1, 0.15) is 6.54 Å². The van der Waals surface area contributed by atoms with Crippen molar-refractivity contribution in [2.75, 3.05) is 20.2 Å². The van der Waals surface area contributed by atoms with Gasteiger partial charge in [-0.25, -0.2) is 0 Å². The molecule has 4 nitrogen and oxygen atoms in total. The summed E-state index contributed by atoms with van der Waals surface area (Å²) < 4.78 is 4.77. The molecule has 1 amide bonds. The van der Waals surface area contributed by atoms with Crippen molar-refractivity contribution in [1.29, 1.82) is 0 Å². The van der Waals surface area contributed by atoms with Crippen molar-refractivity contribution >= 4 is 41.2 Å². The van der Waals surface area contributed by atoms with Crippen molar-refractivity contribution < 1.29 is 14.3 Å². The summed E-state index contributed by atoms with van der Waals surface area (Å²) in [6.45, 7) is 1.91. The Kier molecular flexibility index (Phi) is 6.55. The molecular weight excluding hydrogens is 301 g/mol. The predicted octanol–water partition coefficient (Wildman–Crippen LogP) is 3.03. The summed E-state index contributed by atoms with van der Waals surface area (Å²) in [7, 11) is 1.52. The minimum Gasteiger partial charge on any atom is -0.465 e. The van der Waals surface area contributed by atoms with Crippen LogP contribution in [0.2, 0.25) is 10.0 Å². The quantitative estimate of drug-likeness (QED) is 0.620. The normalized spacial score (nSPS) is 10.6. The zero-order valence-electron chi connectivity index (χ0n) is 11.2. The van der Waals surface area contributed by atoms with Crippen molar-refractivity contribution in [3.05, 3.63) is 39.9 Å². The summed E-state index contributed by atoms with van der Waals surface area (Å²) in [5, 5.41) is 0.979. The second kappa shape index (κ2) is 7.92. The van der Waals surface area contributed by atoms with E-state index in [9.17, 15) is 9.59 Å². The highest BCUT2D eigenvalue weighted by atomic mass is 35.5. The molecule has 0 aromatic heterocycles. The lowest BCUT2D eigenvalue weighted by molar-refractivity contribution is -0.146. The maximum atomic E-state index is 11.8. The monoisotopic (exact) mass is 315 g/mol. The predicted molar refractivity (Wildman–Crippen MR) is 79.8 cm³/mol. The zero-order chi connectivity index (χ0) is 15.1. The van der Waals surface area contributed by atoms with Crippen LogP contribution in [0, 0.1) is 0 Å². The Balaban J connectivity index is 2.65. The molecule has 108 valence electrons. The van der Waals surface area contributed by atoms with Gasteiger partial charge >= 0.3 is 5.97 Å². The van der Waals surface area contributed by atoms with E-state index in [-0.39, 0.29) is 19.1 Å². The fourth-order valence-corrected chi connectivity index (χ4v) is 1.87. The highest BCUT2D eigenvalue weighted by Crippen LogP contribution is 2.21. The van der Waals surface area contributed by atoms with Gasteiger partial charge in [0.05, 0.1) is 6.61 Å². The van der Waals surface area contributed by atoms with E-state index in [0.717, 1.165) is 0 Å². The molecule has 0 heterocycles. The summed E-state index contributed by atoms with van der Waals surface area (Å²) in [4.78, 5) is 24.3. The first-order valence-electron chi connectivity index (χ1n) is 5.98. The lowest BCUT2D eigenvalue weighted by Gasteiger charge is -2.13. The second-order valence-corrected chi connectivity index (χ2v) is 4.84. The number of esters is 1. The van der Waals surface area contributed by atoms with E-state index >= 15 is 0 Å². The van der Waals surface area contributed by atoms with Crippen LogP contribution in [0.15, 0.2) is 24.3 Å². The number of ether oxygens (including phenoxy) is 1. The molecule has 0 fully saturated rings. The average Bonchev–Trinajstić information content (AvgIpc) is 2.37. The van der Waals surface area contributed by atoms with Crippen molar-refractivity contribution in [3.8, 4) is 0 Å². The number of carbonyl (C=O) groups is 2. The fourth-order valence-electron chi connectivity index (χ4n) is 1.40. The minimum absolute atomic E-state index is 0.0919. The van der Waals surface area contributed by atoms with Crippen LogP contribution in [0.1, 0.15) is 12.5 Å². The smallest absolute Gasteiger partial charge is 0.325 e. The first-order valence-corrected chi connectivity index (χ1v) is 6.73. The van der Waals surface area contributed by atoms with Gasteiger partial charge in [-0.1, -0.05) is 29.3 Å². The number of halogens is 2. The Labute approximate surface area is 127 Å². The Morgan fingerprint density at radius 3 is 2.65 bits per heavy atom. The largest absolute Gasteiger partial charge is 0.465 e. The van der Waals surface area contributed by atoms with Gasteiger partial charge in [-0.05, 0) is 30.7 Å². The van der Waals surface area contributed by atoms with Crippen LogP contribution >= 0.6 is 23.2 Å². The first kappa shape index (κ1) is 16.5. The summed E-state index contributed by atoms with van der Waals surface area (Å²) in [6.07, 6.45) is 2.91. The number of amides is 1. The zero-order valence-corrected chi connectivity index (χ0v) is 12.7. The molecule has 0 atom stereocenters. The average molecular weight is 316 g/mol. The van der Waals surface area contributed by atoms with E-state index in [1.54, 1.807) is 31.2 Å². The van der Waals surface area contributed by atoms with Crippen LogP contribution in [0.25, 0.3) is 6.08 Å². The second-order valence-electron chi connectivity index (χ2n) is 4.00. The van der Waals surface area contributed by atoms with E-state index in [1.807, 2.05) is 0 Å². The van der Waals surface area contributed by atoms with Crippen molar-refractivity contribution in [1.82, 2.24) is 4.90 Å². The molecule has 6 heteroatoms. The highest BCUT2D eigenvalue weighted by molar-refractivity contribution is 6.35. The molecule has 0 aliphatic carbocycles. The van der Waals surface area contributed by atoms with Crippen LogP contribution in [-0.2, 0) is 14.3 Å². The van der Waals surface area contributed by atoms with Gasteiger partial charge in [-0.2, -0.15) is 0 Å². The number of hydrogen-bond donors (Lipinski definition) is 0. The number of hydrogen-bond acceptors (Lipinski definition) is 3. The number of rotatable bonds is 5. The molecule has 0 unspecified atom stereocenters. The van der Waals surface area contributed by atoms with Gasteiger partial charge < -0.3 is 9.64 Å². The van der Waals surface area contributed by atoms with E-state index in [2.05, 4.69) is 0 Å². The molecule has 1 rings (SSSR count). The van der Waals surface area contributed by atoms with Crippen LogP contribution < -0.4 is 0 Å². The molecule has 0 bridgehead atoms. The van der Waals surface area contributed by atoms with Crippen LogP contribution in [0.3, 0.4) is 0 Å². The third-order valence-electron chi connectivity index (χ3n) is 2.42.